The molecule has 0 bridgehead atoms. The van der Waals surface area contributed by atoms with E-state index < -0.39 is 0 Å². The summed E-state index contributed by atoms with van der Waals surface area (Å²) in [5.74, 6) is 0. The van der Waals surface area contributed by atoms with Gasteiger partial charge < -0.3 is 0 Å². The Morgan fingerprint density at radius 1 is 0.900 bits per heavy atom. The number of halogens is 1. The van der Waals surface area contributed by atoms with Crippen molar-refractivity contribution in [2.24, 2.45) is 5.41 Å². The number of rotatable bonds is 2. The van der Waals surface area contributed by atoms with E-state index in [0.717, 1.165) is 0 Å². The largest absolute Gasteiger partial charge is 0.0859 e. The average Bonchev–Trinajstić information content (AvgIpc) is 1.57. The summed E-state index contributed by atoms with van der Waals surface area (Å²) in [7, 11) is 0. The van der Waals surface area contributed by atoms with Crippen molar-refractivity contribution in [1.82, 2.24) is 0 Å². The van der Waals surface area contributed by atoms with Gasteiger partial charge in [0.1, 0.15) is 0 Å². The lowest BCUT2D eigenvalue weighted by Gasteiger charge is -2.23. The van der Waals surface area contributed by atoms with Crippen LogP contribution in [0.25, 0.3) is 0 Å². The van der Waals surface area contributed by atoms with Crippen LogP contribution in [0, 0.1) is 5.41 Å². The van der Waals surface area contributed by atoms with Crippen molar-refractivity contribution in [2.45, 2.75) is 51.8 Å². The van der Waals surface area contributed by atoms with E-state index >= 15 is 0 Å². The first-order valence-electron chi connectivity index (χ1n) is 3.90. The molecule has 0 saturated carbocycles. The van der Waals surface area contributed by atoms with Gasteiger partial charge in [0.2, 0.25) is 0 Å². The molecule has 0 aromatic carbocycles. The topological polar surface area (TPSA) is 0 Å². The monoisotopic (exact) mass is 206 g/mol. The fraction of sp³-hybridized carbons (Fsp3) is 1.00. The molecule has 0 nitrogen and oxygen atoms in total. The molecule has 0 aliphatic rings. The van der Waals surface area contributed by atoms with Gasteiger partial charge in [-0.15, -0.1) is 0 Å². The molecule has 0 atom stereocenters. The van der Waals surface area contributed by atoms with Crippen LogP contribution in [0.15, 0.2) is 0 Å². The molecule has 1 heteroatoms. The van der Waals surface area contributed by atoms with Crippen LogP contribution >= 0.6 is 15.9 Å². The maximum atomic E-state index is 3.63. The first-order valence-corrected chi connectivity index (χ1v) is 4.69. The summed E-state index contributed by atoms with van der Waals surface area (Å²) in [5.41, 5.74) is 0.477. The normalized spacial score (nSPS) is 13.8. The molecular weight excluding hydrogens is 188 g/mol. The Morgan fingerprint density at radius 3 is 1.40 bits per heavy atom. The molecule has 0 aromatic rings. The molecule has 0 fully saturated rings. The first-order chi connectivity index (χ1) is 4.21. The van der Waals surface area contributed by atoms with Crippen molar-refractivity contribution < 1.29 is 0 Å². The summed E-state index contributed by atoms with van der Waals surface area (Å²) in [4.78, 5) is 0. The van der Waals surface area contributed by atoms with Crippen LogP contribution in [-0.4, -0.2) is 4.32 Å². The van der Waals surface area contributed by atoms with Crippen LogP contribution in [0.2, 0.25) is 0 Å². The lowest BCUT2D eigenvalue weighted by Crippen LogP contribution is -2.14. The second kappa shape index (κ2) is 3.25. The first kappa shape index (κ1) is 10.5. The molecule has 0 aliphatic carbocycles. The minimum atomic E-state index is 0.320. The molecule has 10 heavy (non-hydrogen) atoms. The van der Waals surface area contributed by atoms with Gasteiger partial charge in [0.25, 0.3) is 0 Å². The van der Waals surface area contributed by atoms with Gasteiger partial charge in [-0.3, -0.25) is 0 Å². The highest BCUT2D eigenvalue weighted by atomic mass is 79.9. The summed E-state index contributed by atoms with van der Waals surface area (Å²) in [5, 5.41) is 0. The van der Waals surface area contributed by atoms with E-state index in [4.69, 9.17) is 0 Å². The van der Waals surface area contributed by atoms with E-state index in [2.05, 4.69) is 50.5 Å². The Labute approximate surface area is 73.5 Å². The Bertz CT molecular complexity index is 78.3. The zero-order valence-electron chi connectivity index (χ0n) is 7.79. The fourth-order valence-electron chi connectivity index (χ4n) is 0.672. The van der Waals surface area contributed by atoms with Crippen molar-refractivity contribution in [2.75, 3.05) is 0 Å². The quantitative estimate of drug-likeness (QED) is 0.600. The van der Waals surface area contributed by atoms with Crippen LogP contribution in [0.4, 0.5) is 0 Å². The Balaban J connectivity index is 3.56. The smallest absolute Gasteiger partial charge is 0.0201 e. The predicted molar refractivity (Wildman–Crippen MR) is 51.7 cm³/mol. The van der Waals surface area contributed by atoms with Gasteiger partial charge in [0.05, 0.1) is 0 Å². The summed E-state index contributed by atoms with van der Waals surface area (Å²) in [6, 6.07) is 0. The van der Waals surface area contributed by atoms with Crippen LogP contribution in [0.1, 0.15) is 47.5 Å². The highest BCUT2D eigenvalue weighted by Crippen LogP contribution is 2.29. The standard InChI is InChI=1S/C9H19Br/c1-8(2,3)6-7-9(4,5)10/h6-7H2,1-5H3. The summed E-state index contributed by atoms with van der Waals surface area (Å²) >= 11 is 3.63. The maximum absolute atomic E-state index is 3.63. The molecule has 0 rings (SSSR count). The van der Waals surface area contributed by atoms with Crippen molar-refractivity contribution in [3.63, 3.8) is 0 Å². The van der Waals surface area contributed by atoms with E-state index in [9.17, 15) is 0 Å². The van der Waals surface area contributed by atoms with Gasteiger partial charge in [-0.05, 0) is 18.3 Å². The second-order valence-electron chi connectivity index (χ2n) is 4.78. The Morgan fingerprint density at radius 2 is 1.30 bits per heavy atom. The second-order valence-corrected chi connectivity index (χ2v) is 6.93. The molecule has 0 N–H and O–H groups in total. The molecule has 0 saturated heterocycles. The lowest BCUT2D eigenvalue weighted by atomic mass is 9.88. The molecule has 0 spiro atoms. The van der Waals surface area contributed by atoms with Crippen LogP contribution in [-0.2, 0) is 0 Å². The molecule has 0 heterocycles. The van der Waals surface area contributed by atoms with Gasteiger partial charge in [0, 0.05) is 4.32 Å². The zero-order valence-corrected chi connectivity index (χ0v) is 9.38. The van der Waals surface area contributed by atoms with Crippen molar-refractivity contribution >= 4 is 15.9 Å². The van der Waals surface area contributed by atoms with E-state index in [-0.39, 0.29) is 0 Å². The summed E-state index contributed by atoms with van der Waals surface area (Å²) in [6.07, 6.45) is 2.53. The zero-order chi connectivity index (χ0) is 8.41. The molecule has 0 aromatic heterocycles. The van der Waals surface area contributed by atoms with Gasteiger partial charge >= 0.3 is 0 Å². The van der Waals surface area contributed by atoms with E-state index in [0.29, 0.717) is 9.74 Å². The van der Waals surface area contributed by atoms with Gasteiger partial charge in [0.15, 0.2) is 0 Å². The average molecular weight is 207 g/mol. The van der Waals surface area contributed by atoms with Crippen LogP contribution in [0.3, 0.4) is 0 Å². The predicted octanol–water partition coefficient (Wildman–Crippen LogP) is 3.99. The van der Waals surface area contributed by atoms with Crippen LogP contribution in [0.5, 0.6) is 0 Å². The third-order valence-corrected chi connectivity index (χ3v) is 1.87. The highest BCUT2D eigenvalue weighted by molar-refractivity contribution is 9.10. The third-order valence-electron chi connectivity index (χ3n) is 1.47. The SMILES string of the molecule is CC(C)(C)CCC(C)(C)Br. The Hall–Kier alpha value is 0.480. The summed E-state index contributed by atoms with van der Waals surface area (Å²) in [6.45, 7) is 11.3. The lowest BCUT2D eigenvalue weighted by molar-refractivity contribution is 0.350. The van der Waals surface area contributed by atoms with Crippen LogP contribution < -0.4 is 0 Å². The van der Waals surface area contributed by atoms with Crippen molar-refractivity contribution in [3.8, 4) is 0 Å². The van der Waals surface area contributed by atoms with E-state index in [1.807, 2.05) is 0 Å². The number of alkyl halides is 1. The summed E-state index contributed by atoms with van der Waals surface area (Å²) < 4.78 is 0.320. The van der Waals surface area contributed by atoms with Crippen molar-refractivity contribution in [3.05, 3.63) is 0 Å². The molecule has 0 unspecified atom stereocenters. The maximum Gasteiger partial charge on any atom is 0.0201 e. The number of hydrogen-bond acceptors (Lipinski definition) is 0. The minimum absolute atomic E-state index is 0.320. The highest BCUT2D eigenvalue weighted by Gasteiger charge is 2.17. The fourth-order valence-corrected chi connectivity index (χ4v) is 0.870. The molecule has 0 aliphatic heterocycles. The van der Waals surface area contributed by atoms with Gasteiger partial charge in [-0.25, -0.2) is 0 Å². The van der Waals surface area contributed by atoms with E-state index in [1.54, 1.807) is 0 Å². The van der Waals surface area contributed by atoms with Gasteiger partial charge in [-0.1, -0.05) is 50.5 Å². The molecular formula is C9H19Br. The van der Waals surface area contributed by atoms with Crippen molar-refractivity contribution in [1.29, 1.82) is 0 Å². The minimum Gasteiger partial charge on any atom is -0.0859 e. The Kier molecular flexibility index (Phi) is 3.41. The number of hydrogen-bond donors (Lipinski definition) is 0. The molecule has 62 valence electrons. The molecule has 0 radical (unpaired) electrons. The third kappa shape index (κ3) is 8.48. The van der Waals surface area contributed by atoms with Gasteiger partial charge in [-0.2, -0.15) is 0 Å². The van der Waals surface area contributed by atoms with E-state index in [1.165, 1.54) is 12.8 Å². The molecule has 0 amide bonds.